The van der Waals surface area contributed by atoms with Gasteiger partial charge in [-0.3, -0.25) is 4.55 Å². The zero-order chi connectivity index (χ0) is 14.4. The molecule has 0 saturated heterocycles. The van der Waals surface area contributed by atoms with Gasteiger partial charge in [-0.2, -0.15) is 8.42 Å². The van der Waals surface area contributed by atoms with E-state index in [-0.39, 0.29) is 4.90 Å². The molecule has 0 aliphatic heterocycles. The molecule has 2 aromatic carbocycles. The van der Waals surface area contributed by atoms with Gasteiger partial charge < -0.3 is 0 Å². The smallest absolute Gasteiger partial charge is 0.282 e. The maximum Gasteiger partial charge on any atom is 0.294 e. The lowest BCUT2D eigenvalue weighted by Gasteiger charge is -2.14. The molecule has 0 spiro atoms. The largest absolute Gasteiger partial charge is 0.294 e. The summed E-state index contributed by atoms with van der Waals surface area (Å²) < 4.78 is 32.2. The molecule has 0 aliphatic carbocycles. The normalized spacial score (nSPS) is 12.1. The number of aryl methyl sites for hydroxylation is 2. The lowest BCUT2D eigenvalue weighted by Crippen LogP contribution is -2.03. The highest BCUT2D eigenvalue weighted by molar-refractivity contribution is 7.86. The molecule has 5 heteroatoms. The van der Waals surface area contributed by atoms with Crippen LogP contribution in [0.3, 0.4) is 0 Å². The topological polar surface area (TPSA) is 54.4 Å². The van der Waals surface area contributed by atoms with Crippen molar-refractivity contribution < 1.29 is 13.0 Å². The van der Waals surface area contributed by atoms with Gasteiger partial charge in [0.25, 0.3) is 10.1 Å². The van der Waals surface area contributed by atoms with E-state index in [1.165, 1.54) is 6.07 Å². The fraction of sp³-hybridized carbons (Fsp3) is 0.286. The van der Waals surface area contributed by atoms with Gasteiger partial charge in [0.05, 0.1) is 4.90 Å². The maximum atomic E-state index is 11.4. The van der Waals surface area contributed by atoms with Gasteiger partial charge in [-0.05, 0) is 53.8 Å². The average molecular weight is 296 g/mol. The highest BCUT2D eigenvalue weighted by atomic mass is 32.2. The van der Waals surface area contributed by atoms with E-state index < -0.39 is 10.1 Å². The van der Waals surface area contributed by atoms with E-state index in [0.717, 1.165) is 33.2 Å². The minimum absolute atomic E-state index is 0.0407. The van der Waals surface area contributed by atoms with Crippen LogP contribution in [0.2, 0.25) is 0 Å². The predicted molar refractivity (Wildman–Crippen MR) is 79.9 cm³/mol. The monoisotopic (exact) mass is 296 g/mol. The van der Waals surface area contributed by atoms with Crippen LogP contribution < -0.4 is 0 Å². The molecule has 0 radical (unpaired) electrons. The zero-order valence-electron chi connectivity index (χ0n) is 11.1. The van der Waals surface area contributed by atoms with Crippen LogP contribution >= 0.6 is 12.6 Å². The fourth-order valence-electron chi connectivity index (χ4n) is 2.31. The van der Waals surface area contributed by atoms with Crippen molar-refractivity contribution in [1.29, 1.82) is 0 Å². The van der Waals surface area contributed by atoms with Gasteiger partial charge in [0, 0.05) is 4.90 Å². The zero-order valence-corrected chi connectivity index (χ0v) is 12.8. The first kappa shape index (κ1) is 14.4. The number of thiol groups is 1. The van der Waals surface area contributed by atoms with Crippen LogP contribution in [-0.2, 0) is 16.5 Å². The summed E-state index contributed by atoms with van der Waals surface area (Å²) >= 11 is 4.49. The highest BCUT2D eigenvalue weighted by Crippen LogP contribution is 2.33. The Hall–Kier alpha value is -1.04. The molecule has 3 nitrogen and oxygen atoms in total. The SMILES string of the molecule is CCc1ccc2c(C)c(C)c(S(=O)(=O)O)cc2c1S. The molecule has 0 atom stereocenters. The van der Waals surface area contributed by atoms with Gasteiger partial charge in [-0.25, -0.2) is 0 Å². The van der Waals surface area contributed by atoms with Gasteiger partial charge in [0.2, 0.25) is 0 Å². The quantitative estimate of drug-likeness (QED) is 0.658. The first-order valence-corrected chi connectivity index (χ1v) is 7.88. The minimum Gasteiger partial charge on any atom is -0.282 e. The van der Waals surface area contributed by atoms with Crippen LogP contribution in [0.5, 0.6) is 0 Å². The fourth-order valence-corrected chi connectivity index (χ4v) is 3.53. The third kappa shape index (κ3) is 2.38. The summed E-state index contributed by atoms with van der Waals surface area (Å²) in [5, 5.41) is 1.73. The Balaban J connectivity index is 2.98. The van der Waals surface area contributed by atoms with Crippen LogP contribution in [-0.4, -0.2) is 13.0 Å². The van der Waals surface area contributed by atoms with Gasteiger partial charge >= 0.3 is 0 Å². The number of fused-ring (bicyclic) bond motifs is 1. The molecule has 19 heavy (non-hydrogen) atoms. The van der Waals surface area contributed by atoms with Gasteiger partial charge in [0.15, 0.2) is 0 Å². The van der Waals surface area contributed by atoms with Crippen molar-refractivity contribution in [3.63, 3.8) is 0 Å². The first-order valence-electron chi connectivity index (χ1n) is 5.99. The Labute approximate surface area is 118 Å². The Morgan fingerprint density at radius 1 is 1.16 bits per heavy atom. The molecular formula is C14H16O3S2. The van der Waals surface area contributed by atoms with Crippen LogP contribution in [0, 0.1) is 13.8 Å². The van der Waals surface area contributed by atoms with Crippen molar-refractivity contribution in [2.75, 3.05) is 0 Å². The molecule has 0 heterocycles. The molecule has 0 aliphatic rings. The molecule has 0 aromatic heterocycles. The van der Waals surface area contributed by atoms with E-state index in [2.05, 4.69) is 12.6 Å². The molecule has 0 amide bonds. The van der Waals surface area contributed by atoms with E-state index >= 15 is 0 Å². The van der Waals surface area contributed by atoms with Crippen LogP contribution in [0.15, 0.2) is 28.0 Å². The van der Waals surface area contributed by atoms with E-state index in [4.69, 9.17) is 0 Å². The second-order valence-electron chi connectivity index (χ2n) is 4.62. The summed E-state index contributed by atoms with van der Waals surface area (Å²) in [5.41, 5.74) is 2.48. The first-order chi connectivity index (χ1) is 8.77. The second kappa shape index (κ2) is 4.81. The third-order valence-corrected chi connectivity index (χ3v) is 5.08. The molecular weight excluding hydrogens is 280 g/mol. The summed E-state index contributed by atoms with van der Waals surface area (Å²) in [5.74, 6) is 0. The molecule has 0 fully saturated rings. The van der Waals surface area contributed by atoms with Gasteiger partial charge in [0.1, 0.15) is 0 Å². The number of hydrogen-bond acceptors (Lipinski definition) is 3. The molecule has 0 bridgehead atoms. The van der Waals surface area contributed by atoms with Crippen molar-refractivity contribution in [1.82, 2.24) is 0 Å². The molecule has 0 unspecified atom stereocenters. The van der Waals surface area contributed by atoms with Gasteiger partial charge in [-0.1, -0.05) is 19.1 Å². The summed E-state index contributed by atoms with van der Waals surface area (Å²) in [4.78, 5) is 0.731. The molecule has 2 rings (SSSR count). The minimum atomic E-state index is -4.22. The van der Waals surface area contributed by atoms with Crippen molar-refractivity contribution in [3.8, 4) is 0 Å². The standard InChI is InChI=1S/C14H16O3S2/c1-4-10-5-6-11-8(2)9(3)13(19(15,16)17)7-12(11)14(10)18/h5-7,18H,4H2,1-3H3,(H,15,16,17). The van der Waals surface area contributed by atoms with E-state index in [0.29, 0.717) is 5.56 Å². The van der Waals surface area contributed by atoms with Gasteiger partial charge in [-0.15, -0.1) is 12.6 Å². The van der Waals surface area contributed by atoms with Crippen molar-refractivity contribution in [2.24, 2.45) is 0 Å². The Morgan fingerprint density at radius 3 is 2.32 bits per heavy atom. The summed E-state index contributed by atoms with van der Waals surface area (Å²) in [7, 11) is -4.22. The van der Waals surface area contributed by atoms with E-state index in [1.54, 1.807) is 6.92 Å². The average Bonchev–Trinajstić information content (AvgIpc) is 2.33. The van der Waals surface area contributed by atoms with Crippen LogP contribution in [0.4, 0.5) is 0 Å². The maximum absolute atomic E-state index is 11.4. The van der Waals surface area contributed by atoms with Crippen molar-refractivity contribution in [2.45, 2.75) is 37.0 Å². The molecule has 1 N–H and O–H groups in total. The Kier molecular flexibility index (Phi) is 3.64. The third-order valence-electron chi connectivity index (χ3n) is 3.57. The summed E-state index contributed by atoms with van der Waals surface area (Å²) in [6.07, 6.45) is 0.822. The Bertz CT molecular complexity index is 762. The van der Waals surface area contributed by atoms with E-state index in [9.17, 15) is 13.0 Å². The number of hydrogen-bond donors (Lipinski definition) is 2. The Morgan fingerprint density at radius 2 is 1.79 bits per heavy atom. The lowest BCUT2D eigenvalue weighted by atomic mass is 9.98. The number of rotatable bonds is 2. The molecule has 102 valence electrons. The number of benzene rings is 2. The highest BCUT2D eigenvalue weighted by Gasteiger charge is 2.18. The summed E-state index contributed by atoms with van der Waals surface area (Å²) in [6, 6.07) is 5.49. The van der Waals surface area contributed by atoms with Crippen LogP contribution in [0.25, 0.3) is 10.8 Å². The molecule has 0 saturated carbocycles. The summed E-state index contributed by atoms with van der Waals surface area (Å²) in [6.45, 7) is 5.57. The lowest BCUT2D eigenvalue weighted by molar-refractivity contribution is 0.482. The second-order valence-corrected chi connectivity index (χ2v) is 6.46. The van der Waals surface area contributed by atoms with Crippen molar-refractivity contribution >= 4 is 33.5 Å². The molecule has 2 aromatic rings. The predicted octanol–water partition coefficient (Wildman–Crippen LogP) is 3.55. The van der Waals surface area contributed by atoms with Crippen molar-refractivity contribution in [3.05, 3.63) is 34.9 Å². The van der Waals surface area contributed by atoms with Crippen LogP contribution in [0.1, 0.15) is 23.6 Å². The van der Waals surface area contributed by atoms with E-state index in [1.807, 2.05) is 26.0 Å².